The summed E-state index contributed by atoms with van der Waals surface area (Å²) in [4.78, 5) is 25.1. The van der Waals surface area contributed by atoms with Crippen molar-refractivity contribution < 1.29 is 9.59 Å². The van der Waals surface area contributed by atoms with Crippen molar-refractivity contribution in [1.82, 2.24) is 10.2 Å². The molecule has 2 amide bonds. The van der Waals surface area contributed by atoms with E-state index in [0.29, 0.717) is 11.3 Å². The number of rotatable bonds is 3. The molecule has 0 saturated carbocycles. The van der Waals surface area contributed by atoms with E-state index in [9.17, 15) is 9.59 Å². The van der Waals surface area contributed by atoms with Gasteiger partial charge in [0.15, 0.2) is 0 Å². The van der Waals surface area contributed by atoms with Gasteiger partial charge >= 0.3 is 0 Å². The lowest BCUT2D eigenvalue weighted by atomic mass is 10.1. The third-order valence-electron chi connectivity index (χ3n) is 3.18. The first kappa shape index (κ1) is 16.5. The summed E-state index contributed by atoms with van der Waals surface area (Å²) < 4.78 is 0. The number of nitrogens with one attached hydrogen (secondary N) is 2. The third kappa shape index (κ3) is 3.95. The number of carbonyl (C=O) groups excluding carboxylic acids is 2. The topological polar surface area (TPSA) is 61.4 Å². The third-order valence-corrected chi connectivity index (χ3v) is 3.18. The van der Waals surface area contributed by atoms with Gasteiger partial charge in [-0.15, -0.1) is 12.4 Å². The number of hydrogen-bond acceptors (Lipinski definition) is 3. The van der Waals surface area contributed by atoms with Crippen molar-refractivity contribution in [1.29, 1.82) is 0 Å². The predicted molar refractivity (Wildman–Crippen MR) is 81.4 cm³/mol. The van der Waals surface area contributed by atoms with E-state index in [1.807, 2.05) is 0 Å². The van der Waals surface area contributed by atoms with Gasteiger partial charge in [-0.1, -0.05) is 0 Å². The second kappa shape index (κ2) is 7.26. The van der Waals surface area contributed by atoms with Crippen molar-refractivity contribution in [2.45, 2.75) is 18.9 Å². The SMILES string of the molecule is CN(C)C(=O)c1ccc(NC(=O)C2CCCN2)cc1.Cl. The van der Waals surface area contributed by atoms with E-state index in [0.717, 1.165) is 19.4 Å². The minimum absolute atomic E-state index is 0. The average molecular weight is 298 g/mol. The molecule has 1 atom stereocenters. The normalized spacial score (nSPS) is 17.2. The zero-order valence-electron chi connectivity index (χ0n) is 11.7. The second-order valence-electron chi connectivity index (χ2n) is 4.92. The zero-order valence-corrected chi connectivity index (χ0v) is 12.5. The van der Waals surface area contributed by atoms with Crippen LogP contribution in [0.4, 0.5) is 5.69 Å². The molecule has 1 aliphatic rings. The molecule has 6 heteroatoms. The standard InChI is InChI=1S/C14H19N3O2.ClH/c1-17(2)14(19)10-5-7-11(8-6-10)16-13(18)12-4-3-9-15-12;/h5-8,12,15H,3-4,9H2,1-2H3,(H,16,18);1H. The average Bonchev–Trinajstić information content (AvgIpc) is 2.92. The van der Waals surface area contributed by atoms with Crippen LogP contribution in [0.5, 0.6) is 0 Å². The van der Waals surface area contributed by atoms with Crippen molar-refractivity contribution in [3.8, 4) is 0 Å². The van der Waals surface area contributed by atoms with Gasteiger partial charge in [0.1, 0.15) is 0 Å². The molecule has 1 unspecified atom stereocenters. The summed E-state index contributed by atoms with van der Waals surface area (Å²) in [6.45, 7) is 0.897. The first-order valence-corrected chi connectivity index (χ1v) is 6.44. The van der Waals surface area contributed by atoms with E-state index in [1.54, 1.807) is 38.4 Å². The predicted octanol–water partition coefficient (Wildman–Crippen LogP) is 1.50. The van der Waals surface area contributed by atoms with Crippen LogP contribution in [-0.4, -0.2) is 43.4 Å². The van der Waals surface area contributed by atoms with Crippen LogP contribution in [0.15, 0.2) is 24.3 Å². The number of benzene rings is 1. The molecule has 0 bridgehead atoms. The van der Waals surface area contributed by atoms with Crippen molar-refractivity contribution >= 4 is 29.9 Å². The Balaban J connectivity index is 0.00000200. The molecule has 0 spiro atoms. The number of carbonyl (C=O) groups is 2. The fraction of sp³-hybridized carbons (Fsp3) is 0.429. The highest BCUT2D eigenvalue weighted by Gasteiger charge is 2.21. The molecule has 0 aromatic heterocycles. The lowest BCUT2D eigenvalue weighted by molar-refractivity contribution is -0.117. The highest BCUT2D eigenvalue weighted by Crippen LogP contribution is 2.13. The number of hydrogen-bond donors (Lipinski definition) is 2. The van der Waals surface area contributed by atoms with E-state index in [-0.39, 0.29) is 30.3 Å². The molecule has 1 aliphatic heterocycles. The van der Waals surface area contributed by atoms with Crippen molar-refractivity contribution in [2.24, 2.45) is 0 Å². The molecular weight excluding hydrogens is 278 g/mol. The molecule has 1 aromatic rings. The van der Waals surface area contributed by atoms with Crippen molar-refractivity contribution in [3.63, 3.8) is 0 Å². The maximum absolute atomic E-state index is 11.9. The van der Waals surface area contributed by atoms with Gasteiger partial charge in [0.2, 0.25) is 5.91 Å². The Morgan fingerprint density at radius 3 is 2.40 bits per heavy atom. The Labute approximate surface area is 125 Å². The van der Waals surface area contributed by atoms with Crippen LogP contribution in [0.25, 0.3) is 0 Å². The quantitative estimate of drug-likeness (QED) is 0.889. The molecular formula is C14H20ClN3O2. The molecule has 1 aromatic carbocycles. The summed E-state index contributed by atoms with van der Waals surface area (Å²) in [5, 5.41) is 6.00. The molecule has 110 valence electrons. The Hall–Kier alpha value is -1.59. The zero-order chi connectivity index (χ0) is 13.8. The van der Waals surface area contributed by atoms with E-state index in [2.05, 4.69) is 10.6 Å². The summed E-state index contributed by atoms with van der Waals surface area (Å²) in [6.07, 6.45) is 1.91. The van der Waals surface area contributed by atoms with Gasteiger partial charge in [-0.2, -0.15) is 0 Å². The van der Waals surface area contributed by atoms with Gasteiger partial charge in [0.05, 0.1) is 6.04 Å². The van der Waals surface area contributed by atoms with Crippen LogP contribution >= 0.6 is 12.4 Å². The molecule has 1 fully saturated rings. The van der Waals surface area contributed by atoms with E-state index >= 15 is 0 Å². The lowest BCUT2D eigenvalue weighted by Crippen LogP contribution is -2.35. The number of anilines is 1. The smallest absolute Gasteiger partial charge is 0.253 e. The van der Waals surface area contributed by atoms with Gasteiger partial charge in [-0.05, 0) is 43.7 Å². The molecule has 0 radical (unpaired) electrons. The maximum atomic E-state index is 11.9. The molecule has 1 heterocycles. The summed E-state index contributed by atoms with van der Waals surface area (Å²) >= 11 is 0. The maximum Gasteiger partial charge on any atom is 0.253 e. The summed E-state index contributed by atoms with van der Waals surface area (Å²) in [5.41, 5.74) is 1.33. The van der Waals surface area contributed by atoms with Crippen LogP contribution in [-0.2, 0) is 4.79 Å². The van der Waals surface area contributed by atoms with E-state index in [4.69, 9.17) is 0 Å². The molecule has 5 nitrogen and oxygen atoms in total. The Kier molecular flexibility index (Phi) is 5.98. The van der Waals surface area contributed by atoms with Crippen LogP contribution in [0.2, 0.25) is 0 Å². The minimum Gasteiger partial charge on any atom is -0.345 e. The van der Waals surface area contributed by atoms with E-state index < -0.39 is 0 Å². The van der Waals surface area contributed by atoms with Crippen LogP contribution < -0.4 is 10.6 Å². The Morgan fingerprint density at radius 1 is 1.25 bits per heavy atom. The van der Waals surface area contributed by atoms with Crippen molar-refractivity contribution in [2.75, 3.05) is 26.0 Å². The lowest BCUT2D eigenvalue weighted by Gasteiger charge is -2.13. The monoisotopic (exact) mass is 297 g/mol. The molecule has 0 aliphatic carbocycles. The Morgan fingerprint density at radius 2 is 1.90 bits per heavy atom. The fourth-order valence-electron chi connectivity index (χ4n) is 2.09. The minimum atomic E-state index is -0.0944. The highest BCUT2D eigenvalue weighted by atomic mass is 35.5. The van der Waals surface area contributed by atoms with Gasteiger partial charge in [-0.25, -0.2) is 0 Å². The number of amides is 2. The number of nitrogens with zero attached hydrogens (tertiary/aromatic N) is 1. The second-order valence-corrected chi connectivity index (χ2v) is 4.92. The molecule has 20 heavy (non-hydrogen) atoms. The van der Waals surface area contributed by atoms with Gasteiger partial charge < -0.3 is 15.5 Å². The van der Waals surface area contributed by atoms with Crippen LogP contribution in [0.3, 0.4) is 0 Å². The first-order valence-electron chi connectivity index (χ1n) is 6.44. The van der Waals surface area contributed by atoms with Gasteiger partial charge in [0, 0.05) is 25.3 Å². The highest BCUT2D eigenvalue weighted by molar-refractivity contribution is 5.97. The first-order chi connectivity index (χ1) is 9.08. The van der Waals surface area contributed by atoms with Crippen LogP contribution in [0, 0.1) is 0 Å². The summed E-state index contributed by atoms with van der Waals surface area (Å²) in [6, 6.07) is 6.86. The van der Waals surface area contributed by atoms with E-state index in [1.165, 1.54) is 4.90 Å². The fourth-order valence-corrected chi connectivity index (χ4v) is 2.09. The van der Waals surface area contributed by atoms with Gasteiger partial charge in [-0.3, -0.25) is 9.59 Å². The van der Waals surface area contributed by atoms with Gasteiger partial charge in [0.25, 0.3) is 5.91 Å². The number of halogens is 1. The largest absolute Gasteiger partial charge is 0.345 e. The Bertz CT molecular complexity index is 468. The molecule has 1 saturated heterocycles. The molecule has 2 rings (SSSR count). The van der Waals surface area contributed by atoms with Crippen molar-refractivity contribution in [3.05, 3.63) is 29.8 Å². The molecule has 2 N–H and O–H groups in total. The summed E-state index contributed by atoms with van der Waals surface area (Å²) in [5.74, 6) is -0.0560. The summed E-state index contributed by atoms with van der Waals surface area (Å²) in [7, 11) is 3.42. The van der Waals surface area contributed by atoms with Crippen LogP contribution in [0.1, 0.15) is 23.2 Å².